The molecule has 0 bridgehead atoms. The Labute approximate surface area is 872 Å². The van der Waals surface area contributed by atoms with Crippen LogP contribution in [-0.4, -0.2) is 284 Å². The number of H-pyrrole nitrogens is 1. The predicted molar refractivity (Wildman–Crippen MR) is 559 cm³/mol. The smallest absolute Gasteiger partial charge is 0.303 e. The summed E-state index contributed by atoms with van der Waals surface area (Å²) in [5.41, 5.74) is 13.6. The zero-order valence-corrected chi connectivity index (χ0v) is 89.0. The van der Waals surface area contributed by atoms with Crippen LogP contribution in [0.4, 0.5) is 0 Å². The molecule has 824 valence electrons. The van der Waals surface area contributed by atoms with E-state index in [0.29, 0.717) is 66.1 Å². The van der Waals surface area contributed by atoms with Crippen molar-refractivity contribution in [1.29, 1.82) is 0 Å². The largest absolute Gasteiger partial charge is 0.508 e. The van der Waals surface area contributed by atoms with E-state index in [1.54, 1.807) is 102 Å². The molecule has 0 radical (unpaired) electrons. The maximum Gasteiger partial charge on any atom is 0.303 e. The van der Waals surface area contributed by atoms with Gasteiger partial charge in [-0.3, -0.25) is 112 Å². The van der Waals surface area contributed by atoms with Crippen molar-refractivity contribution in [3.05, 3.63) is 114 Å². The van der Waals surface area contributed by atoms with Crippen LogP contribution in [0.5, 0.6) is 5.75 Å². The number of aliphatic hydroxyl groups excluding tert-OH is 1. The molecule has 25 N–H and O–H groups in total. The van der Waals surface area contributed by atoms with Crippen molar-refractivity contribution in [3.8, 4) is 5.75 Å². The first-order valence-corrected chi connectivity index (χ1v) is 51.5. The van der Waals surface area contributed by atoms with E-state index in [4.69, 9.17) is 11.5 Å². The van der Waals surface area contributed by atoms with E-state index < -0.39 is 258 Å². The summed E-state index contributed by atoms with van der Waals surface area (Å²) in [5.74, 6) is -15.1. The van der Waals surface area contributed by atoms with Crippen molar-refractivity contribution in [2.45, 2.75) is 359 Å². The third-order valence-electron chi connectivity index (χ3n) is 26.4. The third kappa shape index (κ3) is 45.5. The topological polar surface area (TPSA) is 674 Å². The number of aromatic hydroxyl groups is 1. The van der Waals surface area contributed by atoms with Gasteiger partial charge in [0.1, 0.15) is 47.5 Å². The Kier molecular flexibility index (Phi) is 54.1. The maximum atomic E-state index is 15.6. The lowest BCUT2D eigenvalue weighted by Crippen LogP contribution is -2.65. The van der Waals surface area contributed by atoms with Gasteiger partial charge in [0.25, 0.3) is 0 Å². The number of aromatic nitrogens is 1. The van der Waals surface area contributed by atoms with Crippen molar-refractivity contribution in [2.24, 2.45) is 23.3 Å². The van der Waals surface area contributed by atoms with Gasteiger partial charge in [0.15, 0.2) is 52.0 Å². The van der Waals surface area contributed by atoms with Crippen molar-refractivity contribution in [2.75, 3.05) is 39.4 Å². The van der Waals surface area contributed by atoms with E-state index in [9.17, 15) is 82.4 Å². The number of hydrogen-bond donors (Lipinski definition) is 23. The lowest BCUT2D eigenvalue weighted by molar-refractivity contribution is -0.140. The second-order valence-electron chi connectivity index (χ2n) is 40.8. The van der Waals surface area contributed by atoms with Crippen LogP contribution >= 0.6 is 0 Å². The minimum atomic E-state index is -2.07. The molecule has 10 amide bonds. The summed E-state index contributed by atoms with van der Waals surface area (Å²) >= 11 is 0. The Morgan fingerprint density at radius 2 is 1.12 bits per heavy atom. The van der Waals surface area contributed by atoms with Crippen LogP contribution in [0.1, 0.15) is 249 Å². The number of Topliss-reactive ketones (excluding diaryl/α,β-unsaturated/α-hetero) is 9. The lowest BCUT2D eigenvalue weighted by atomic mass is 9.88. The first-order valence-electron chi connectivity index (χ1n) is 51.5. The van der Waals surface area contributed by atoms with Crippen LogP contribution in [0.3, 0.4) is 0 Å². The summed E-state index contributed by atoms with van der Waals surface area (Å²) in [6, 6.07) is 4.02. The summed E-state index contributed by atoms with van der Waals surface area (Å²) < 4.78 is 0. The molecule has 5 rings (SSSR count). The number of aliphatic hydroxyl groups is 1. The van der Waals surface area contributed by atoms with Gasteiger partial charge in [-0.25, -0.2) is 10.9 Å². The summed E-state index contributed by atoms with van der Waals surface area (Å²) in [6.07, 6.45) is 2.66. The average Bonchev–Trinajstić information content (AvgIpc) is 1.75. The van der Waals surface area contributed by atoms with Gasteiger partial charge in [0.05, 0.1) is 98.0 Å². The number of phenols is 1. The molecule has 3 aromatic carbocycles. The fourth-order valence-electron chi connectivity index (χ4n) is 16.4. The zero-order chi connectivity index (χ0) is 111. The number of benzene rings is 3. The van der Waals surface area contributed by atoms with Crippen molar-refractivity contribution in [1.82, 2.24) is 95.6 Å². The van der Waals surface area contributed by atoms with Crippen LogP contribution in [0.2, 0.25) is 0 Å². The number of hydrogen-bond acceptors (Lipinski definition) is 31. The minimum absolute atomic E-state index is 0.0250. The second-order valence-corrected chi connectivity index (χ2v) is 40.8. The Balaban J connectivity index is 1.49. The number of aliphatic carboxylic acids is 1. The quantitative estimate of drug-likeness (QED) is 0.0169. The first kappa shape index (κ1) is 127. The maximum absolute atomic E-state index is 15.6. The number of carbonyl (C=O) groups is 20. The predicted octanol–water partition coefficient (Wildman–Crippen LogP) is 1.46. The van der Waals surface area contributed by atoms with Crippen LogP contribution in [-0.2, 0) is 115 Å². The molecule has 2 heterocycles. The second kappa shape index (κ2) is 63.5. The van der Waals surface area contributed by atoms with Gasteiger partial charge in [-0.15, -0.1) is 0 Å². The monoisotopic (exact) mass is 2080 g/mol. The highest BCUT2D eigenvalue weighted by molar-refractivity contribution is 6.07. The molecule has 4 aromatic rings. The number of rotatable bonds is 51. The van der Waals surface area contributed by atoms with E-state index in [2.05, 4.69) is 95.6 Å². The summed E-state index contributed by atoms with van der Waals surface area (Å²) in [7, 11) is 0. The lowest BCUT2D eigenvalue weighted by Gasteiger charge is -2.34. The molecule has 0 spiro atoms. The van der Waals surface area contributed by atoms with Gasteiger partial charge in [-0.1, -0.05) is 120 Å². The number of primary amides is 2. The molecule has 0 fully saturated rings. The van der Waals surface area contributed by atoms with Gasteiger partial charge >= 0.3 is 5.97 Å². The van der Waals surface area contributed by atoms with Crippen molar-refractivity contribution < 1.29 is 111 Å². The van der Waals surface area contributed by atoms with E-state index in [0.717, 1.165) is 0 Å². The highest BCUT2D eigenvalue weighted by Gasteiger charge is 2.44. The Bertz CT molecular complexity index is 5220. The summed E-state index contributed by atoms with van der Waals surface area (Å²) in [6.45, 7) is 24.1. The van der Waals surface area contributed by atoms with E-state index in [1.807, 2.05) is 26.0 Å². The fourth-order valence-corrected chi connectivity index (χ4v) is 16.4. The van der Waals surface area contributed by atoms with Crippen LogP contribution in [0.15, 0.2) is 97.2 Å². The fraction of sp³-hybridized carbons (Fsp3) is 0.604. The number of nitrogens with one attached hydrogen (secondary N) is 18. The molecule has 149 heavy (non-hydrogen) atoms. The molecule has 43 nitrogen and oxygen atoms in total. The molecule has 0 saturated heterocycles. The highest BCUT2D eigenvalue weighted by Crippen LogP contribution is 2.25. The number of fused-ring (bicyclic) bond motifs is 1. The zero-order valence-electron chi connectivity index (χ0n) is 89.0. The normalized spacial score (nSPS) is 21.3. The molecule has 1 aromatic heterocycles. The van der Waals surface area contributed by atoms with E-state index in [-0.39, 0.29) is 126 Å². The molecule has 1 aliphatic heterocycles. The molecular weight excluding hydrogens is 1920 g/mol. The number of para-hydroxylation sites is 1. The van der Waals surface area contributed by atoms with Crippen LogP contribution < -0.4 is 102 Å². The Morgan fingerprint density at radius 3 is 1.74 bits per heavy atom. The number of amides is 10. The van der Waals surface area contributed by atoms with E-state index in [1.165, 1.54) is 79.7 Å². The molecular formula is C106H162N20O23. The number of aromatic amines is 1. The molecule has 43 heteroatoms. The summed E-state index contributed by atoms with van der Waals surface area (Å²) in [4.78, 5) is 283. The van der Waals surface area contributed by atoms with Crippen molar-refractivity contribution >= 4 is 128 Å². The van der Waals surface area contributed by atoms with Gasteiger partial charge in [0.2, 0.25) is 59.1 Å². The Hall–Kier alpha value is -12.5. The van der Waals surface area contributed by atoms with Gasteiger partial charge < -0.3 is 95.6 Å². The summed E-state index contributed by atoms with van der Waals surface area (Å²) in [5, 5.41) is 74.7. The van der Waals surface area contributed by atoms with Gasteiger partial charge in [-0.05, 0) is 187 Å². The van der Waals surface area contributed by atoms with Gasteiger partial charge in [0, 0.05) is 88.7 Å². The van der Waals surface area contributed by atoms with Crippen molar-refractivity contribution in [3.63, 3.8) is 0 Å². The SMILES string of the molecule is CC(=O)N[C@@H](CC(C)C)C(=O)N[C@H](C(=O)N[C@@H](Cc1ccccc1)C(=O)N[C@]1(C)CCCCCCC=CCCC[C@@](C)(C(=O)CN[C@@H](C)C(=O)CNC(C)(C)C(=O)CC(=O)[C@H](C)NCCC(=O)[C@H](C)NCCC(=O)[C@H](C)NCN[C@H](C)C(N)=O)NC(=O)[C@H](CC(C)C)NN[C@@H](CCC(N)=O)C(=O)CN[C@@H](C)C(=O)CC(=O)[C@H](Cc2c[nH]c3ccccc23)NC(=O)[C@H](Cc2ccc(O)cc2)NC(=O)[C@H](CCC(=O)O)NC1=O)[C@@H](C)O. The third-order valence-corrected chi connectivity index (χ3v) is 26.4. The first-order chi connectivity index (χ1) is 70.1. The number of carboxylic acids is 1. The standard InChI is InChI=1S/C106H162N20O23/c1-61(2)49-80(117-70(12)128)99(145)122-95(69(11)127)102(148)120-82(51-71-31-25-24-26-32-71)100(146)124-106(16)46-30-23-21-19-17-18-20-22-29-45-105(15,92(138)59-112-67(9)89(135)58-116-104(13,14)91(137)55-87(133)65(7)110-48-43-84(130)63(5)109-47-44-85(131)64(6)114-60-115-68(10)96(108)142)123-101(147)83(50-62(3)4)126-125-77(39-41-93(107)139)90(136)57-111-66(8)86(132)54-88(134)79(53-73-56-113-76-34-28-27-33-75(73)76)118-98(144)81(52-72-35-37-74(129)38-36-72)119-97(143)78(121-103(106)149)40-42-94(140)141/h18,20,24-28,31-38,56,61-69,77-83,95,109-116,125-127,129H,17,19,21-23,29-30,39-55,57-60H2,1-16H3,(H2,107,139)(H2,108,142)(H,117,128)(H,118,144)(H,119,143)(H,120,148)(H,121,149)(H,122,145)(H,123,147)(H,124,146)(H,140,141)/t63-,64-,65-,66-,67-,68+,69+,77-,78-,79-,80-,81-,82-,83-,95-,105-,106+/m0/s1. The number of carbonyl (C=O) groups excluding carboxylic acids is 19. The Morgan fingerprint density at radius 1 is 0.537 bits per heavy atom. The molecule has 17 atom stereocenters. The molecule has 1 aliphatic rings. The number of hydrazine groups is 1. The highest BCUT2D eigenvalue weighted by atomic mass is 16.4. The van der Waals surface area contributed by atoms with Gasteiger partial charge in [-0.2, -0.15) is 0 Å². The van der Waals surface area contributed by atoms with Crippen LogP contribution in [0.25, 0.3) is 10.9 Å². The number of carboxylic acid groups (broad SMARTS) is 1. The number of ketones is 9. The molecule has 0 aliphatic carbocycles. The number of nitrogens with two attached hydrogens (primary N) is 2. The molecule has 0 unspecified atom stereocenters. The average molecular weight is 2080 g/mol. The molecule has 0 saturated carbocycles. The number of phenolic OH excluding ortho intramolecular Hbond substituents is 1. The minimum Gasteiger partial charge on any atom is -0.508 e. The van der Waals surface area contributed by atoms with Crippen LogP contribution in [0, 0.1) is 11.8 Å². The number of allylic oxidation sites excluding steroid dienone is 2. The van der Waals surface area contributed by atoms with E-state index >= 15 is 28.8 Å².